The van der Waals surface area contributed by atoms with E-state index in [1.54, 1.807) is 0 Å². The number of phenolic OH excluding ortho intramolecular Hbond substituents is 4. The zero-order valence-corrected chi connectivity index (χ0v) is 21.1. The Morgan fingerprint density at radius 1 is 0.800 bits per heavy atom. The normalized spacial score (nSPS) is 24.6. The largest absolute Gasteiger partial charge is 0.504 e. The van der Waals surface area contributed by atoms with Gasteiger partial charge in [-0.3, -0.25) is 4.79 Å². The lowest BCUT2D eigenvalue weighted by molar-refractivity contribution is -0.198. The number of rotatable bonds is 8. The van der Waals surface area contributed by atoms with Crippen LogP contribution in [-0.4, -0.2) is 78.4 Å². The van der Waals surface area contributed by atoms with Crippen molar-refractivity contribution in [3.05, 3.63) is 59.7 Å². The van der Waals surface area contributed by atoms with Crippen LogP contribution in [0.5, 0.6) is 23.0 Å². The Labute approximate surface area is 228 Å². The van der Waals surface area contributed by atoms with Crippen molar-refractivity contribution in [2.75, 3.05) is 0 Å². The highest BCUT2D eigenvalue weighted by atomic mass is 16.6. The number of aliphatic hydroxyl groups is 2. The van der Waals surface area contributed by atoms with Crippen molar-refractivity contribution in [3.63, 3.8) is 0 Å². The molecule has 0 heterocycles. The van der Waals surface area contributed by atoms with Crippen molar-refractivity contribution in [3.8, 4) is 23.0 Å². The van der Waals surface area contributed by atoms with Gasteiger partial charge in [0.05, 0.1) is 6.10 Å². The van der Waals surface area contributed by atoms with Crippen LogP contribution in [0.4, 0.5) is 0 Å². The maximum Gasteiger partial charge on any atom is 0.331 e. The van der Waals surface area contributed by atoms with E-state index in [0.29, 0.717) is 11.1 Å². The molecule has 0 aliphatic heterocycles. The molecule has 212 valence electrons. The molecule has 2 aliphatic carbocycles. The van der Waals surface area contributed by atoms with Crippen molar-refractivity contribution in [1.82, 2.24) is 5.32 Å². The maximum absolute atomic E-state index is 13.3. The summed E-state index contributed by atoms with van der Waals surface area (Å²) in [5.74, 6) is -4.11. The van der Waals surface area contributed by atoms with E-state index < -0.39 is 66.1 Å². The smallest absolute Gasteiger partial charge is 0.331 e. The monoisotopic (exact) mass is 555 g/mol. The van der Waals surface area contributed by atoms with E-state index >= 15 is 0 Å². The third kappa shape index (κ3) is 6.90. The van der Waals surface area contributed by atoms with E-state index in [1.807, 2.05) is 0 Å². The Hall–Kier alpha value is -4.55. The summed E-state index contributed by atoms with van der Waals surface area (Å²) in [4.78, 5) is 38.5. The number of carbonyl (C=O) groups excluding carboxylic acids is 3. The summed E-state index contributed by atoms with van der Waals surface area (Å²) in [5, 5.41) is 61.9. The van der Waals surface area contributed by atoms with Crippen LogP contribution < -0.4 is 5.32 Å². The molecule has 2 aromatic rings. The second-order valence-electron chi connectivity index (χ2n) is 9.77. The highest BCUT2D eigenvalue weighted by molar-refractivity contribution is 5.93. The number of ether oxygens (including phenoxy) is 2. The first-order valence-electron chi connectivity index (χ1n) is 12.5. The zero-order chi connectivity index (χ0) is 29.0. The molecule has 0 unspecified atom stereocenters. The summed E-state index contributed by atoms with van der Waals surface area (Å²) in [6, 6.07) is 7.59. The molecule has 2 saturated carbocycles. The van der Waals surface area contributed by atoms with Gasteiger partial charge in [0.25, 0.3) is 5.91 Å². The molecule has 0 radical (unpaired) electrons. The Morgan fingerprint density at radius 3 is 1.88 bits per heavy atom. The molecular formula is C28H29NO11. The third-order valence-electron chi connectivity index (χ3n) is 6.56. The molecule has 0 bridgehead atoms. The number of benzene rings is 2. The van der Waals surface area contributed by atoms with Gasteiger partial charge in [-0.25, -0.2) is 9.59 Å². The molecule has 12 heteroatoms. The average molecular weight is 556 g/mol. The number of aromatic hydroxyl groups is 4. The summed E-state index contributed by atoms with van der Waals surface area (Å²) in [6.07, 6.45) is 0.516. The van der Waals surface area contributed by atoms with Crippen LogP contribution in [-0.2, 0) is 23.9 Å². The van der Waals surface area contributed by atoms with Crippen LogP contribution in [0.15, 0.2) is 48.6 Å². The quantitative estimate of drug-likeness (QED) is 0.140. The lowest BCUT2D eigenvalue weighted by atomic mass is 9.78. The Bertz CT molecular complexity index is 1350. The van der Waals surface area contributed by atoms with Crippen molar-refractivity contribution in [1.29, 1.82) is 0 Å². The minimum atomic E-state index is -1.98. The zero-order valence-electron chi connectivity index (χ0n) is 21.1. The molecule has 40 heavy (non-hydrogen) atoms. The molecule has 2 fully saturated rings. The summed E-state index contributed by atoms with van der Waals surface area (Å²) >= 11 is 0. The van der Waals surface area contributed by atoms with Gasteiger partial charge in [-0.15, -0.1) is 0 Å². The highest BCUT2D eigenvalue weighted by Gasteiger charge is 2.54. The van der Waals surface area contributed by atoms with Gasteiger partial charge in [0, 0.05) is 31.0 Å². The number of esters is 2. The second-order valence-corrected chi connectivity index (χ2v) is 9.77. The fourth-order valence-electron chi connectivity index (χ4n) is 4.24. The molecule has 7 N–H and O–H groups in total. The van der Waals surface area contributed by atoms with E-state index in [9.17, 15) is 45.0 Å². The van der Waals surface area contributed by atoms with Crippen LogP contribution in [0.2, 0.25) is 0 Å². The van der Waals surface area contributed by atoms with Crippen LogP contribution in [0.3, 0.4) is 0 Å². The van der Waals surface area contributed by atoms with E-state index in [-0.39, 0.29) is 17.5 Å². The van der Waals surface area contributed by atoms with Gasteiger partial charge in [0.15, 0.2) is 28.6 Å². The number of carbonyl (C=O) groups is 3. The number of nitrogens with one attached hydrogen (secondary N) is 1. The minimum absolute atomic E-state index is 0.131. The first-order valence-corrected chi connectivity index (χ1v) is 12.5. The maximum atomic E-state index is 13.3. The van der Waals surface area contributed by atoms with Gasteiger partial charge in [-0.2, -0.15) is 0 Å². The number of phenols is 4. The van der Waals surface area contributed by atoms with Crippen LogP contribution in [0.1, 0.15) is 36.8 Å². The Balaban J connectivity index is 1.51. The van der Waals surface area contributed by atoms with Crippen molar-refractivity contribution in [2.45, 2.75) is 55.6 Å². The van der Waals surface area contributed by atoms with Crippen molar-refractivity contribution in [2.24, 2.45) is 0 Å². The van der Waals surface area contributed by atoms with E-state index in [1.165, 1.54) is 48.6 Å². The molecule has 0 spiro atoms. The Morgan fingerprint density at radius 2 is 1.35 bits per heavy atom. The van der Waals surface area contributed by atoms with Crippen molar-refractivity contribution < 1.29 is 54.5 Å². The summed E-state index contributed by atoms with van der Waals surface area (Å²) in [5.41, 5.74) is -1.27. The predicted molar refractivity (Wildman–Crippen MR) is 139 cm³/mol. The van der Waals surface area contributed by atoms with Gasteiger partial charge in [-0.1, -0.05) is 12.1 Å². The third-order valence-corrected chi connectivity index (χ3v) is 6.56. The van der Waals surface area contributed by atoms with Gasteiger partial charge in [0.2, 0.25) is 0 Å². The molecular weight excluding hydrogens is 526 g/mol. The lowest BCUT2D eigenvalue weighted by Gasteiger charge is -2.42. The second kappa shape index (κ2) is 11.7. The Kier molecular flexibility index (Phi) is 8.31. The average Bonchev–Trinajstić information content (AvgIpc) is 3.72. The van der Waals surface area contributed by atoms with Gasteiger partial charge in [0.1, 0.15) is 12.2 Å². The number of aliphatic hydroxyl groups excluding tert-OH is 2. The van der Waals surface area contributed by atoms with Crippen LogP contribution >= 0.6 is 0 Å². The lowest BCUT2D eigenvalue weighted by Crippen LogP contribution is -2.61. The number of hydrogen-bond donors (Lipinski definition) is 7. The number of amides is 1. The first kappa shape index (κ1) is 28.5. The molecule has 4 rings (SSSR count). The summed E-state index contributed by atoms with van der Waals surface area (Å²) in [6.45, 7) is 0. The highest BCUT2D eigenvalue weighted by Crippen LogP contribution is 2.36. The topological polar surface area (TPSA) is 203 Å². The summed E-state index contributed by atoms with van der Waals surface area (Å²) in [7, 11) is 0. The molecule has 12 nitrogen and oxygen atoms in total. The fourth-order valence-corrected chi connectivity index (χ4v) is 4.24. The van der Waals surface area contributed by atoms with E-state index in [2.05, 4.69) is 5.32 Å². The SMILES string of the molecule is O=C(/C=C/c1ccc(O)c(O)c1)O[C@@H]1C[C@](OC(=O)/C=C/c2ccc(O)c(O)c2)(C(=O)NC2CC2)C[C@@H](O)[C@H]1O. The standard InChI is InChI=1S/C28H29NO11/c30-18-7-1-15(11-20(18)32)3-9-24(35)39-23-14-28(13-22(34)26(23)37,27(38)29-17-5-6-17)40-25(36)10-4-16-2-8-19(31)21(33)12-16/h1-4,7-12,17,22-23,26,30-34,37H,5-6,13-14H2,(H,29,38)/b9-3+,10-4+/t22-,23-,26-,28+/m1/s1. The molecule has 0 saturated heterocycles. The fraction of sp³-hybridized carbons (Fsp3) is 0.321. The predicted octanol–water partition coefficient (Wildman–Crippen LogP) is 1.22. The molecule has 2 aromatic carbocycles. The van der Waals surface area contributed by atoms with Gasteiger partial charge < -0.3 is 45.4 Å². The molecule has 1 amide bonds. The molecule has 2 aliphatic rings. The van der Waals surface area contributed by atoms with Crippen LogP contribution in [0, 0.1) is 0 Å². The number of hydrogen-bond acceptors (Lipinski definition) is 11. The molecule has 0 aromatic heterocycles. The van der Waals surface area contributed by atoms with Gasteiger partial charge in [-0.05, 0) is 60.4 Å². The van der Waals surface area contributed by atoms with Crippen molar-refractivity contribution >= 4 is 30.0 Å². The summed E-state index contributed by atoms with van der Waals surface area (Å²) < 4.78 is 10.9. The van der Waals surface area contributed by atoms with E-state index in [0.717, 1.165) is 25.0 Å². The first-order chi connectivity index (χ1) is 19.0. The van der Waals surface area contributed by atoms with Gasteiger partial charge >= 0.3 is 11.9 Å². The van der Waals surface area contributed by atoms with E-state index in [4.69, 9.17) is 9.47 Å². The van der Waals surface area contributed by atoms with Crippen LogP contribution in [0.25, 0.3) is 12.2 Å². The minimum Gasteiger partial charge on any atom is -0.504 e. The molecule has 4 atom stereocenters.